The van der Waals surface area contributed by atoms with Gasteiger partial charge in [-0.1, -0.05) is 70.4 Å². The Hall–Kier alpha value is -4.57. The van der Waals surface area contributed by atoms with E-state index in [1.54, 1.807) is 79.0 Å². The van der Waals surface area contributed by atoms with Gasteiger partial charge in [-0.3, -0.25) is 28.8 Å². The van der Waals surface area contributed by atoms with Crippen molar-refractivity contribution in [2.75, 3.05) is 27.2 Å². The molecule has 0 bridgehead atoms. The molecule has 0 spiro atoms. The highest BCUT2D eigenvalue weighted by molar-refractivity contribution is 6.38. The molecule has 16 heteroatoms. The van der Waals surface area contributed by atoms with Gasteiger partial charge in [0.15, 0.2) is 5.79 Å². The van der Waals surface area contributed by atoms with Crippen molar-refractivity contribution < 1.29 is 43.0 Å². The molecule has 0 radical (unpaired) electrons. The number of likely N-dealkylation sites (tertiary alicyclic amines) is 1. The van der Waals surface area contributed by atoms with E-state index < -0.39 is 95.1 Å². The number of nitrogens with zero attached hydrogens (tertiary/aromatic N) is 2. The Morgan fingerprint density at radius 3 is 2.09 bits per heavy atom. The molecule has 6 atom stereocenters. The summed E-state index contributed by atoms with van der Waals surface area (Å²) in [5.74, 6) is -5.37. The van der Waals surface area contributed by atoms with Crippen LogP contribution in [0.1, 0.15) is 92.7 Å². The van der Waals surface area contributed by atoms with Gasteiger partial charge < -0.3 is 45.9 Å². The van der Waals surface area contributed by atoms with E-state index in [0.717, 1.165) is 19.3 Å². The Bertz CT molecular complexity index is 1610. The molecule has 1 aliphatic carbocycles. The first-order valence-corrected chi connectivity index (χ1v) is 18.9. The Balaban J connectivity index is 1.52. The standard InChI is InChI=1S/C39H59N7O9/c1-37(2,3)31(43-36(53)44-38(4,5)6)35(52)46-21-25-30(55-39(7,8)54-25)28(46)32(49)41-24(19-22-15-14-16-22)29(48)33(50)40-20-26(47)42-27(34(51)45(9)10)23-17-12-11-13-18-23/h11-13,17-18,22,24-25,27-28,30-31H,14-16,19-21H2,1-10H3,(H,40,50)(H,41,49)(H,42,47)(H2,43,44,53)/t24-,25?,27-,28-,30?,31+/m0/s1. The fourth-order valence-electron chi connectivity index (χ4n) is 6.96. The number of ketones is 1. The van der Waals surface area contributed by atoms with Crippen LogP contribution >= 0.6 is 0 Å². The summed E-state index contributed by atoms with van der Waals surface area (Å²) in [6.07, 6.45) is 1.16. The van der Waals surface area contributed by atoms with E-state index in [2.05, 4.69) is 26.6 Å². The smallest absolute Gasteiger partial charge is 0.315 e. The predicted octanol–water partition coefficient (Wildman–Crippen LogP) is 1.54. The molecule has 2 saturated heterocycles. The second kappa shape index (κ2) is 17.1. The molecular weight excluding hydrogens is 710 g/mol. The van der Waals surface area contributed by atoms with Crippen LogP contribution < -0.4 is 26.6 Å². The van der Waals surface area contributed by atoms with E-state index in [1.807, 2.05) is 20.8 Å². The number of hydrogen-bond donors (Lipinski definition) is 5. The van der Waals surface area contributed by atoms with Crippen molar-refractivity contribution in [3.05, 3.63) is 35.9 Å². The van der Waals surface area contributed by atoms with Crippen molar-refractivity contribution in [1.29, 1.82) is 0 Å². The molecule has 2 heterocycles. The molecule has 55 heavy (non-hydrogen) atoms. The number of likely N-dealkylation sites (N-methyl/N-ethyl adjacent to an activating group) is 1. The number of carbonyl (C=O) groups is 7. The summed E-state index contributed by atoms with van der Waals surface area (Å²) in [6, 6.07) is 3.46. The first kappa shape index (κ1) is 43.2. The normalized spacial score (nSPS) is 22.2. The van der Waals surface area contributed by atoms with Crippen LogP contribution in [0.5, 0.6) is 0 Å². The third kappa shape index (κ3) is 11.2. The zero-order chi connectivity index (χ0) is 41.0. The molecule has 3 aliphatic rings. The molecular formula is C39H59N7O9. The number of carbonyl (C=O) groups excluding carboxylic acids is 7. The van der Waals surface area contributed by atoms with E-state index in [1.165, 1.54) is 9.80 Å². The number of rotatable bonds is 13. The summed E-state index contributed by atoms with van der Waals surface area (Å²) < 4.78 is 12.2. The Labute approximate surface area is 323 Å². The molecule has 4 rings (SSSR count). The molecule has 1 aromatic carbocycles. The van der Waals surface area contributed by atoms with E-state index in [0.29, 0.717) is 5.56 Å². The number of Topliss-reactive ketones (excluding diaryl/α,β-unsaturated/α-hetero) is 1. The molecule has 304 valence electrons. The van der Waals surface area contributed by atoms with Crippen molar-refractivity contribution in [3.8, 4) is 0 Å². The lowest BCUT2D eigenvalue weighted by molar-refractivity contribution is -0.171. The second-order valence-electron chi connectivity index (χ2n) is 17.5. The average Bonchev–Trinajstić information content (AvgIpc) is 3.55. The molecule has 3 fully saturated rings. The topological polar surface area (TPSA) is 205 Å². The summed E-state index contributed by atoms with van der Waals surface area (Å²) in [4.78, 5) is 97.2. The van der Waals surface area contributed by atoms with Gasteiger partial charge in [-0.25, -0.2) is 4.79 Å². The van der Waals surface area contributed by atoms with Crippen molar-refractivity contribution in [3.63, 3.8) is 0 Å². The second-order valence-corrected chi connectivity index (χ2v) is 17.5. The number of nitrogens with one attached hydrogen (secondary N) is 5. The highest BCUT2D eigenvalue weighted by atomic mass is 16.8. The molecule has 2 aliphatic heterocycles. The van der Waals surface area contributed by atoms with Crippen LogP contribution in [-0.2, 0) is 38.2 Å². The molecule has 2 unspecified atom stereocenters. The Morgan fingerprint density at radius 1 is 0.909 bits per heavy atom. The van der Waals surface area contributed by atoms with Gasteiger partial charge in [0.05, 0.1) is 19.1 Å². The summed E-state index contributed by atoms with van der Waals surface area (Å²) in [7, 11) is 3.11. The van der Waals surface area contributed by atoms with Crippen LogP contribution in [0.3, 0.4) is 0 Å². The van der Waals surface area contributed by atoms with Gasteiger partial charge in [0.2, 0.25) is 29.4 Å². The SMILES string of the molecule is CN(C)C(=O)[C@@H](NC(=O)CNC(=O)C(=O)[C@H](CC1CCC1)NC(=O)[C@@H]1C2OC(C)(C)OC2CN1C(=O)[C@@H](NC(=O)NC(C)(C)C)C(C)(C)C)c1ccccc1. The minimum Gasteiger partial charge on any atom is -0.347 e. The van der Waals surface area contributed by atoms with Crippen molar-refractivity contribution >= 4 is 41.4 Å². The van der Waals surface area contributed by atoms with Crippen LogP contribution in [0.25, 0.3) is 0 Å². The maximum Gasteiger partial charge on any atom is 0.315 e. The lowest BCUT2D eigenvalue weighted by Gasteiger charge is -2.37. The maximum atomic E-state index is 14.4. The number of urea groups is 1. The fraction of sp³-hybridized carbons (Fsp3) is 0.667. The summed E-state index contributed by atoms with van der Waals surface area (Å²) >= 11 is 0. The maximum absolute atomic E-state index is 14.4. The number of fused-ring (bicyclic) bond motifs is 1. The monoisotopic (exact) mass is 769 g/mol. The van der Waals surface area contributed by atoms with Crippen molar-refractivity contribution in [2.24, 2.45) is 11.3 Å². The van der Waals surface area contributed by atoms with E-state index in [4.69, 9.17) is 9.47 Å². The molecule has 16 nitrogen and oxygen atoms in total. The molecule has 1 saturated carbocycles. The van der Waals surface area contributed by atoms with Crippen LogP contribution in [0.2, 0.25) is 0 Å². The van der Waals surface area contributed by atoms with Crippen molar-refractivity contribution in [1.82, 2.24) is 36.4 Å². The fourth-order valence-corrected chi connectivity index (χ4v) is 6.96. The quantitative estimate of drug-likeness (QED) is 0.184. The van der Waals surface area contributed by atoms with Crippen LogP contribution in [0.4, 0.5) is 4.79 Å². The number of hydrogen-bond acceptors (Lipinski definition) is 9. The van der Waals surface area contributed by atoms with Gasteiger partial charge >= 0.3 is 6.03 Å². The van der Waals surface area contributed by atoms with Gasteiger partial charge in [-0.15, -0.1) is 0 Å². The summed E-state index contributed by atoms with van der Waals surface area (Å²) in [5, 5.41) is 13.3. The first-order chi connectivity index (χ1) is 25.5. The zero-order valence-corrected chi connectivity index (χ0v) is 33.7. The molecule has 5 N–H and O–H groups in total. The highest BCUT2D eigenvalue weighted by Crippen LogP contribution is 2.38. The van der Waals surface area contributed by atoms with Crippen molar-refractivity contribution in [2.45, 2.75) is 129 Å². The van der Waals surface area contributed by atoms with E-state index >= 15 is 0 Å². The number of amides is 7. The predicted molar refractivity (Wildman–Crippen MR) is 202 cm³/mol. The van der Waals surface area contributed by atoms with Gasteiger partial charge in [0.25, 0.3) is 5.91 Å². The van der Waals surface area contributed by atoms with E-state index in [9.17, 15) is 33.6 Å². The Morgan fingerprint density at radius 2 is 1.55 bits per heavy atom. The number of benzene rings is 1. The summed E-state index contributed by atoms with van der Waals surface area (Å²) in [6.45, 7) is 13.6. The van der Waals surface area contributed by atoms with Gasteiger partial charge in [0, 0.05) is 19.6 Å². The highest BCUT2D eigenvalue weighted by Gasteiger charge is 2.58. The van der Waals surface area contributed by atoms with Crippen LogP contribution in [0, 0.1) is 11.3 Å². The molecule has 1 aromatic rings. The number of ether oxygens (including phenoxy) is 2. The minimum atomic E-state index is -1.27. The Kier molecular flexibility index (Phi) is 13.4. The van der Waals surface area contributed by atoms with E-state index in [-0.39, 0.29) is 24.8 Å². The van der Waals surface area contributed by atoms with Crippen LogP contribution in [0.15, 0.2) is 30.3 Å². The van der Waals surface area contributed by atoms with Crippen LogP contribution in [-0.4, -0.2) is 120 Å². The summed E-state index contributed by atoms with van der Waals surface area (Å²) in [5.41, 5.74) is -0.816. The van der Waals surface area contributed by atoms with Gasteiger partial charge in [0.1, 0.15) is 30.3 Å². The lowest BCUT2D eigenvalue weighted by Crippen LogP contribution is -2.62. The largest absolute Gasteiger partial charge is 0.347 e. The first-order valence-electron chi connectivity index (χ1n) is 18.9. The average molecular weight is 770 g/mol. The molecule has 0 aromatic heterocycles. The lowest BCUT2D eigenvalue weighted by atomic mass is 9.80. The third-order valence-electron chi connectivity index (χ3n) is 9.86. The zero-order valence-electron chi connectivity index (χ0n) is 33.7. The third-order valence-corrected chi connectivity index (χ3v) is 9.86. The minimum absolute atomic E-state index is 0.0166. The van der Waals surface area contributed by atoms with Gasteiger partial charge in [-0.05, 0) is 57.9 Å². The molecule has 7 amide bonds. The van der Waals surface area contributed by atoms with Gasteiger partial charge in [-0.2, -0.15) is 0 Å².